The third kappa shape index (κ3) is 4.41. The van der Waals surface area contributed by atoms with Gasteiger partial charge in [0.1, 0.15) is 5.65 Å². The van der Waals surface area contributed by atoms with Crippen molar-refractivity contribution in [2.75, 3.05) is 18.5 Å². The number of nitrogens with one attached hydrogen (secondary N) is 1. The average molecular weight is 480 g/mol. The number of aliphatic hydroxyl groups excluding tert-OH is 1. The number of hydrogen-bond acceptors (Lipinski definition) is 5. The first kappa shape index (κ1) is 23.5. The van der Waals surface area contributed by atoms with Crippen molar-refractivity contribution in [2.24, 2.45) is 5.73 Å². The fourth-order valence-corrected chi connectivity index (χ4v) is 4.66. The number of nitrogens with zero attached hydrogens (tertiary/aromatic N) is 3. The number of pyridine rings is 2. The zero-order chi connectivity index (χ0) is 25.1. The van der Waals surface area contributed by atoms with E-state index in [1.54, 1.807) is 6.07 Å². The van der Waals surface area contributed by atoms with Crippen molar-refractivity contribution < 1.29 is 9.90 Å². The molecule has 36 heavy (non-hydrogen) atoms. The van der Waals surface area contributed by atoms with Gasteiger partial charge in [-0.15, -0.1) is 0 Å². The molecule has 5 rings (SSSR count). The lowest BCUT2D eigenvalue weighted by Gasteiger charge is -2.13. The Labute approximate surface area is 209 Å². The van der Waals surface area contributed by atoms with Crippen LogP contribution in [0.2, 0.25) is 0 Å². The van der Waals surface area contributed by atoms with Gasteiger partial charge in [0.2, 0.25) is 0 Å². The Morgan fingerprint density at radius 3 is 2.75 bits per heavy atom. The molecule has 2 aromatic carbocycles. The monoisotopic (exact) mass is 479 g/mol. The van der Waals surface area contributed by atoms with Crippen molar-refractivity contribution in [1.82, 2.24) is 14.5 Å². The van der Waals surface area contributed by atoms with Gasteiger partial charge in [-0.3, -0.25) is 9.78 Å². The number of aliphatic hydroxyl groups is 1. The van der Waals surface area contributed by atoms with E-state index in [1.165, 1.54) is 5.56 Å². The van der Waals surface area contributed by atoms with Crippen LogP contribution < -0.4 is 11.1 Å². The molecule has 0 saturated carbocycles. The van der Waals surface area contributed by atoms with Crippen LogP contribution in [0.3, 0.4) is 0 Å². The van der Waals surface area contributed by atoms with E-state index in [0.717, 1.165) is 51.6 Å². The first-order valence-electron chi connectivity index (χ1n) is 12.2. The lowest BCUT2D eigenvalue weighted by molar-refractivity contribution is 0.100. The quantitative estimate of drug-likeness (QED) is 0.256. The standard InChI is InChI=1S/C29H29N5O2/c1-2-19-18-34(22-9-10-24(28(30)36)26(16-22)31-12-5-6-14-35)29-27(19)23(11-13-32-29)21-15-20-7-3-4-8-25(20)33-17-21/h3-4,7-11,13,15-18,31,35H,2,5-6,12,14H2,1H3,(H2,30,36). The van der Waals surface area contributed by atoms with Crippen LogP contribution in [0.1, 0.15) is 35.7 Å². The molecule has 182 valence electrons. The minimum Gasteiger partial charge on any atom is -0.396 e. The minimum absolute atomic E-state index is 0.139. The Hall–Kier alpha value is -4.23. The van der Waals surface area contributed by atoms with Gasteiger partial charge < -0.3 is 20.7 Å². The Morgan fingerprint density at radius 2 is 1.94 bits per heavy atom. The van der Waals surface area contributed by atoms with E-state index in [2.05, 4.69) is 40.1 Å². The summed E-state index contributed by atoms with van der Waals surface area (Å²) in [6.45, 7) is 2.91. The topological polar surface area (TPSA) is 106 Å². The summed E-state index contributed by atoms with van der Waals surface area (Å²) in [5, 5.41) is 14.6. The number of benzene rings is 2. The van der Waals surface area contributed by atoms with E-state index < -0.39 is 5.91 Å². The maximum absolute atomic E-state index is 12.0. The molecule has 0 unspecified atom stereocenters. The Morgan fingerprint density at radius 1 is 1.08 bits per heavy atom. The molecule has 0 radical (unpaired) electrons. The van der Waals surface area contributed by atoms with Crippen molar-refractivity contribution in [1.29, 1.82) is 0 Å². The SMILES string of the molecule is CCc1cn(-c2ccc(C(N)=O)c(NCCCCO)c2)c2nccc(-c3cnc4ccccc4c3)c12. The van der Waals surface area contributed by atoms with Crippen molar-refractivity contribution in [3.63, 3.8) is 0 Å². The van der Waals surface area contributed by atoms with Crippen molar-refractivity contribution in [3.8, 4) is 16.8 Å². The van der Waals surface area contributed by atoms with Crippen LogP contribution >= 0.6 is 0 Å². The molecular formula is C29H29N5O2. The van der Waals surface area contributed by atoms with Gasteiger partial charge in [-0.1, -0.05) is 25.1 Å². The van der Waals surface area contributed by atoms with Gasteiger partial charge in [0.05, 0.1) is 11.1 Å². The molecule has 0 bridgehead atoms. The maximum atomic E-state index is 12.0. The maximum Gasteiger partial charge on any atom is 0.250 e. The molecule has 3 heterocycles. The van der Waals surface area contributed by atoms with Gasteiger partial charge in [-0.05, 0) is 66.8 Å². The molecule has 0 aliphatic carbocycles. The number of amides is 1. The highest BCUT2D eigenvalue weighted by Gasteiger charge is 2.17. The van der Waals surface area contributed by atoms with Gasteiger partial charge in [0, 0.05) is 59.5 Å². The van der Waals surface area contributed by atoms with Crippen LogP contribution in [0.4, 0.5) is 5.69 Å². The number of para-hydroxylation sites is 1. The third-order valence-electron chi connectivity index (χ3n) is 6.49. The normalized spacial score (nSPS) is 11.3. The molecule has 3 aromatic heterocycles. The molecule has 4 N–H and O–H groups in total. The highest BCUT2D eigenvalue weighted by Crippen LogP contribution is 2.34. The fraction of sp³-hybridized carbons (Fsp3) is 0.207. The molecule has 0 aliphatic rings. The predicted octanol–water partition coefficient (Wildman–Crippen LogP) is 5.09. The van der Waals surface area contributed by atoms with E-state index in [-0.39, 0.29) is 6.61 Å². The Balaban J connectivity index is 1.62. The van der Waals surface area contributed by atoms with Crippen LogP contribution in [0, 0.1) is 0 Å². The molecule has 0 fully saturated rings. The fourth-order valence-electron chi connectivity index (χ4n) is 4.66. The van der Waals surface area contributed by atoms with Crippen LogP contribution in [0.25, 0.3) is 38.8 Å². The number of aryl methyl sites for hydroxylation is 1. The summed E-state index contributed by atoms with van der Waals surface area (Å²) in [5.41, 5.74) is 12.7. The molecular weight excluding hydrogens is 450 g/mol. The van der Waals surface area contributed by atoms with Gasteiger partial charge in [-0.25, -0.2) is 4.98 Å². The smallest absolute Gasteiger partial charge is 0.250 e. The van der Waals surface area contributed by atoms with Crippen molar-refractivity contribution >= 4 is 33.5 Å². The molecule has 7 heteroatoms. The van der Waals surface area contributed by atoms with Crippen LogP contribution in [-0.2, 0) is 6.42 Å². The minimum atomic E-state index is -0.484. The van der Waals surface area contributed by atoms with Crippen LogP contribution in [-0.4, -0.2) is 38.7 Å². The summed E-state index contributed by atoms with van der Waals surface area (Å²) < 4.78 is 2.07. The summed E-state index contributed by atoms with van der Waals surface area (Å²) in [4.78, 5) is 21.5. The Kier molecular flexibility index (Phi) is 6.64. The highest BCUT2D eigenvalue weighted by atomic mass is 16.2. The number of anilines is 1. The lowest BCUT2D eigenvalue weighted by atomic mass is 10.0. The number of aromatic nitrogens is 3. The molecule has 5 aromatic rings. The number of nitrogens with two attached hydrogens (primary N) is 1. The van der Waals surface area contributed by atoms with Gasteiger partial charge in [0.15, 0.2) is 0 Å². The van der Waals surface area contributed by atoms with Gasteiger partial charge >= 0.3 is 0 Å². The second-order valence-corrected chi connectivity index (χ2v) is 8.80. The summed E-state index contributed by atoms with van der Waals surface area (Å²) in [6, 6.07) is 17.9. The lowest BCUT2D eigenvalue weighted by Crippen LogP contribution is -2.15. The summed E-state index contributed by atoms with van der Waals surface area (Å²) in [7, 11) is 0. The first-order valence-corrected chi connectivity index (χ1v) is 12.2. The van der Waals surface area contributed by atoms with Gasteiger partial charge in [0.25, 0.3) is 5.91 Å². The van der Waals surface area contributed by atoms with Crippen molar-refractivity contribution in [2.45, 2.75) is 26.2 Å². The number of carbonyl (C=O) groups is 1. The van der Waals surface area contributed by atoms with Crippen LogP contribution in [0.5, 0.6) is 0 Å². The number of unbranched alkanes of at least 4 members (excludes halogenated alkanes) is 1. The molecule has 0 spiro atoms. The number of primary amides is 1. The summed E-state index contributed by atoms with van der Waals surface area (Å²) >= 11 is 0. The average Bonchev–Trinajstić information content (AvgIpc) is 3.30. The zero-order valence-corrected chi connectivity index (χ0v) is 20.2. The van der Waals surface area contributed by atoms with E-state index in [0.29, 0.717) is 24.2 Å². The molecule has 0 saturated heterocycles. The second kappa shape index (κ2) is 10.2. The zero-order valence-electron chi connectivity index (χ0n) is 20.2. The Bertz CT molecular complexity index is 1560. The van der Waals surface area contributed by atoms with Gasteiger partial charge in [-0.2, -0.15) is 0 Å². The van der Waals surface area contributed by atoms with E-state index in [4.69, 9.17) is 15.8 Å². The predicted molar refractivity (Wildman–Crippen MR) is 145 cm³/mol. The van der Waals surface area contributed by atoms with Crippen molar-refractivity contribution in [3.05, 3.63) is 84.3 Å². The van der Waals surface area contributed by atoms with E-state index in [1.807, 2.05) is 48.8 Å². The molecule has 0 aliphatic heterocycles. The first-order chi connectivity index (χ1) is 17.6. The van der Waals surface area contributed by atoms with Crippen LogP contribution in [0.15, 0.2) is 73.2 Å². The molecule has 1 amide bonds. The number of rotatable bonds is 9. The van der Waals surface area contributed by atoms with E-state index >= 15 is 0 Å². The molecule has 0 atom stereocenters. The summed E-state index contributed by atoms with van der Waals surface area (Å²) in [5.74, 6) is -0.484. The highest BCUT2D eigenvalue weighted by molar-refractivity contribution is 6.00. The number of fused-ring (bicyclic) bond motifs is 2. The largest absolute Gasteiger partial charge is 0.396 e. The second-order valence-electron chi connectivity index (χ2n) is 8.80. The summed E-state index contributed by atoms with van der Waals surface area (Å²) in [6.07, 6.45) is 8.19. The third-order valence-corrected chi connectivity index (χ3v) is 6.49. The number of carbonyl (C=O) groups excluding carboxylic acids is 1. The number of hydrogen-bond donors (Lipinski definition) is 3. The van der Waals surface area contributed by atoms with E-state index in [9.17, 15) is 4.79 Å². The molecule has 7 nitrogen and oxygen atoms in total.